The predicted octanol–water partition coefficient (Wildman–Crippen LogP) is 4.63. The van der Waals surface area contributed by atoms with Gasteiger partial charge in [0.2, 0.25) is 0 Å². The Morgan fingerprint density at radius 2 is 1.77 bits per heavy atom. The molecule has 0 aliphatic heterocycles. The van der Waals surface area contributed by atoms with Crippen LogP contribution >= 0.6 is 23.1 Å². The molecule has 0 amide bonds. The molecule has 0 fully saturated rings. The summed E-state index contributed by atoms with van der Waals surface area (Å²) in [5.41, 5.74) is 4.44. The monoisotopic (exact) mass is 459 g/mol. The standard InChI is InChI=1S/C22H25N3O4S2/c1-13-17(14(2)24-22(23-13)30-5)7-9-20(26)29-11-16-12-31-21(25-16)15-6-8-18(27-3)19(10-15)28-4/h6,8,10,12H,7,9,11H2,1-5H3. The highest BCUT2D eigenvalue weighted by Gasteiger charge is 2.13. The molecule has 0 unspecified atom stereocenters. The number of hydrogen-bond acceptors (Lipinski definition) is 9. The number of thioether (sulfide) groups is 1. The van der Waals surface area contributed by atoms with Gasteiger partial charge < -0.3 is 14.2 Å². The summed E-state index contributed by atoms with van der Waals surface area (Å²) in [6, 6.07) is 5.64. The van der Waals surface area contributed by atoms with Crippen LogP contribution in [0.5, 0.6) is 11.5 Å². The second-order valence-electron chi connectivity index (χ2n) is 6.73. The SMILES string of the molecule is COc1ccc(-c2nc(COC(=O)CCc3c(C)nc(SC)nc3C)cs2)cc1OC. The smallest absolute Gasteiger partial charge is 0.306 e. The van der Waals surface area contributed by atoms with E-state index in [1.165, 1.54) is 23.1 Å². The molecule has 0 saturated carbocycles. The van der Waals surface area contributed by atoms with E-state index in [9.17, 15) is 4.79 Å². The van der Waals surface area contributed by atoms with Crippen LogP contribution in [0.2, 0.25) is 0 Å². The summed E-state index contributed by atoms with van der Waals surface area (Å²) >= 11 is 2.99. The number of methoxy groups -OCH3 is 2. The van der Waals surface area contributed by atoms with Crippen LogP contribution in [0.3, 0.4) is 0 Å². The minimum absolute atomic E-state index is 0.141. The van der Waals surface area contributed by atoms with Crippen molar-refractivity contribution in [3.8, 4) is 22.1 Å². The number of aryl methyl sites for hydroxylation is 2. The Morgan fingerprint density at radius 3 is 2.42 bits per heavy atom. The Labute approximate surface area is 190 Å². The Kier molecular flexibility index (Phi) is 7.86. The number of nitrogens with zero attached hydrogens (tertiary/aromatic N) is 3. The second-order valence-corrected chi connectivity index (χ2v) is 8.37. The molecule has 3 aromatic rings. The molecule has 1 aromatic carbocycles. The van der Waals surface area contributed by atoms with Crippen molar-refractivity contribution in [2.24, 2.45) is 0 Å². The van der Waals surface area contributed by atoms with Gasteiger partial charge in [-0.05, 0) is 50.3 Å². The fourth-order valence-electron chi connectivity index (χ4n) is 3.09. The third-order valence-electron chi connectivity index (χ3n) is 4.73. The summed E-state index contributed by atoms with van der Waals surface area (Å²) < 4.78 is 16.0. The van der Waals surface area contributed by atoms with E-state index in [2.05, 4.69) is 15.0 Å². The zero-order valence-corrected chi connectivity index (χ0v) is 19.9. The lowest BCUT2D eigenvalue weighted by molar-refractivity contribution is -0.145. The summed E-state index contributed by atoms with van der Waals surface area (Å²) in [6.45, 7) is 4.03. The Balaban J connectivity index is 1.57. The van der Waals surface area contributed by atoms with Gasteiger partial charge in [0.05, 0.1) is 19.9 Å². The maximum absolute atomic E-state index is 12.2. The number of rotatable bonds is 9. The average molecular weight is 460 g/mol. The van der Waals surface area contributed by atoms with Crippen molar-refractivity contribution in [3.63, 3.8) is 0 Å². The molecule has 31 heavy (non-hydrogen) atoms. The van der Waals surface area contributed by atoms with Crippen molar-refractivity contribution in [1.29, 1.82) is 0 Å². The highest BCUT2D eigenvalue weighted by atomic mass is 32.2. The van der Waals surface area contributed by atoms with Gasteiger partial charge in [-0.3, -0.25) is 4.79 Å². The number of thiazole rings is 1. The number of benzene rings is 1. The summed E-state index contributed by atoms with van der Waals surface area (Å²) in [7, 11) is 3.20. The summed E-state index contributed by atoms with van der Waals surface area (Å²) in [5.74, 6) is 1.03. The first-order valence-corrected chi connectivity index (χ1v) is 11.8. The van der Waals surface area contributed by atoms with Crippen LogP contribution in [-0.4, -0.2) is 41.4 Å². The third-order valence-corrected chi connectivity index (χ3v) is 6.21. The van der Waals surface area contributed by atoms with Crippen LogP contribution in [0.25, 0.3) is 10.6 Å². The van der Waals surface area contributed by atoms with E-state index >= 15 is 0 Å². The lowest BCUT2D eigenvalue weighted by Crippen LogP contribution is -2.09. The minimum Gasteiger partial charge on any atom is -0.493 e. The average Bonchev–Trinajstić information content (AvgIpc) is 3.25. The van der Waals surface area contributed by atoms with Crippen molar-refractivity contribution in [2.75, 3.05) is 20.5 Å². The molecule has 0 saturated heterocycles. The van der Waals surface area contributed by atoms with Crippen LogP contribution in [0, 0.1) is 13.8 Å². The van der Waals surface area contributed by atoms with Gasteiger partial charge in [0.1, 0.15) is 11.6 Å². The molecule has 9 heteroatoms. The number of carbonyl (C=O) groups excluding carboxylic acids is 1. The zero-order chi connectivity index (χ0) is 22.4. The van der Waals surface area contributed by atoms with Gasteiger partial charge in [0.25, 0.3) is 0 Å². The first-order chi connectivity index (χ1) is 14.9. The van der Waals surface area contributed by atoms with Crippen molar-refractivity contribution in [3.05, 3.63) is 46.2 Å². The molecule has 164 valence electrons. The van der Waals surface area contributed by atoms with Crippen molar-refractivity contribution in [1.82, 2.24) is 15.0 Å². The van der Waals surface area contributed by atoms with Crippen LogP contribution < -0.4 is 9.47 Å². The molecule has 3 rings (SSSR count). The lowest BCUT2D eigenvalue weighted by Gasteiger charge is -2.09. The largest absolute Gasteiger partial charge is 0.493 e. The first-order valence-electron chi connectivity index (χ1n) is 9.65. The Bertz CT molecular complexity index is 1050. The van der Waals surface area contributed by atoms with Crippen LogP contribution in [0.1, 0.15) is 29.1 Å². The second kappa shape index (κ2) is 10.6. The lowest BCUT2D eigenvalue weighted by atomic mass is 10.1. The number of carbonyl (C=O) groups is 1. The maximum Gasteiger partial charge on any atom is 0.306 e. The molecule has 7 nitrogen and oxygen atoms in total. The molecular formula is C22H25N3O4S2. The Morgan fingerprint density at radius 1 is 1.06 bits per heavy atom. The predicted molar refractivity (Wildman–Crippen MR) is 122 cm³/mol. The quantitative estimate of drug-likeness (QED) is 0.260. The number of hydrogen-bond donors (Lipinski definition) is 0. The zero-order valence-electron chi connectivity index (χ0n) is 18.2. The van der Waals surface area contributed by atoms with Crippen molar-refractivity contribution < 1.29 is 19.0 Å². The minimum atomic E-state index is -0.270. The van der Waals surface area contributed by atoms with Gasteiger partial charge in [-0.2, -0.15) is 0 Å². The molecule has 0 bridgehead atoms. The molecule has 0 radical (unpaired) electrons. The maximum atomic E-state index is 12.2. The van der Waals surface area contributed by atoms with E-state index in [4.69, 9.17) is 14.2 Å². The van der Waals surface area contributed by atoms with E-state index in [1.807, 2.05) is 43.7 Å². The third kappa shape index (κ3) is 5.74. The van der Waals surface area contributed by atoms with Crippen LogP contribution in [0.4, 0.5) is 0 Å². The van der Waals surface area contributed by atoms with Crippen molar-refractivity contribution >= 4 is 29.1 Å². The molecule has 0 spiro atoms. The van der Waals surface area contributed by atoms with E-state index in [-0.39, 0.29) is 19.0 Å². The van der Waals surface area contributed by atoms with Crippen molar-refractivity contribution in [2.45, 2.75) is 38.5 Å². The number of esters is 1. The normalized spacial score (nSPS) is 10.7. The van der Waals surface area contributed by atoms with Gasteiger partial charge >= 0.3 is 5.97 Å². The van der Waals surface area contributed by atoms with E-state index in [1.54, 1.807) is 14.2 Å². The molecule has 2 aromatic heterocycles. The number of aromatic nitrogens is 3. The van der Waals surface area contributed by atoms with Gasteiger partial charge in [0, 0.05) is 28.8 Å². The first kappa shape index (κ1) is 23.0. The summed E-state index contributed by atoms with van der Waals surface area (Å²) in [6.07, 6.45) is 2.77. The van der Waals surface area contributed by atoms with Crippen LogP contribution in [0.15, 0.2) is 28.7 Å². The highest BCUT2D eigenvalue weighted by molar-refractivity contribution is 7.98. The summed E-state index contributed by atoms with van der Waals surface area (Å²) in [4.78, 5) is 25.7. The molecule has 0 aliphatic rings. The fourth-order valence-corrected chi connectivity index (χ4v) is 4.35. The molecule has 2 heterocycles. The van der Waals surface area contributed by atoms with Gasteiger partial charge in [-0.1, -0.05) is 11.8 Å². The van der Waals surface area contributed by atoms with Gasteiger partial charge in [0.15, 0.2) is 16.7 Å². The molecule has 0 atom stereocenters. The molecule has 0 N–H and O–H groups in total. The Hall–Kier alpha value is -2.65. The topological polar surface area (TPSA) is 83.4 Å². The van der Waals surface area contributed by atoms with E-state index < -0.39 is 0 Å². The molecular weight excluding hydrogens is 434 g/mol. The molecule has 0 aliphatic carbocycles. The van der Waals surface area contributed by atoms with Gasteiger partial charge in [-0.25, -0.2) is 15.0 Å². The summed E-state index contributed by atoms with van der Waals surface area (Å²) in [5, 5.41) is 3.46. The van der Waals surface area contributed by atoms with Crippen LogP contribution in [-0.2, 0) is 22.6 Å². The highest BCUT2D eigenvalue weighted by Crippen LogP contribution is 2.33. The number of ether oxygens (including phenoxy) is 3. The fraction of sp³-hybridized carbons (Fsp3) is 0.364. The van der Waals surface area contributed by atoms with E-state index in [0.717, 1.165) is 32.7 Å². The van der Waals surface area contributed by atoms with Gasteiger partial charge in [-0.15, -0.1) is 11.3 Å². The van der Waals surface area contributed by atoms with E-state index in [0.29, 0.717) is 23.6 Å².